The summed E-state index contributed by atoms with van der Waals surface area (Å²) in [7, 11) is 0. The third-order valence-electron chi connectivity index (χ3n) is 3.13. The fraction of sp³-hybridized carbons (Fsp3) is 0.231. The van der Waals surface area contributed by atoms with Crippen LogP contribution in [0.4, 0.5) is 0 Å². The molecule has 16 heavy (non-hydrogen) atoms. The first kappa shape index (κ1) is 11.2. The molecule has 2 aromatic rings. The first-order valence-electron chi connectivity index (χ1n) is 5.30. The van der Waals surface area contributed by atoms with E-state index < -0.39 is 0 Å². The molecule has 1 fully saturated rings. The van der Waals surface area contributed by atoms with Crippen molar-refractivity contribution in [2.45, 2.75) is 12.5 Å². The Balaban J connectivity index is 0.000000963. The maximum Gasteiger partial charge on any atom is 0.123 e. The Morgan fingerprint density at radius 2 is 1.75 bits per heavy atom. The van der Waals surface area contributed by atoms with E-state index in [1.165, 1.54) is 12.0 Å². The maximum atomic E-state index is 9.75. The number of rotatable bonds is 1. The molecule has 0 radical (unpaired) electrons. The van der Waals surface area contributed by atoms with Crippen molar-refractivity contribution in [3.8, 4) is 5.75 Å². The van der Waals surface area contributed by atoms with E-state index >= 15 is 0 Å². The lowest BCUT2D eigenvalue weighted by Crippen LogP contribution is -2.34. The highest BCUT2D eigenvalue weighted by molar-refractivity contribution is 5.91. The minimum atomic E-state index is 0. The molecule has 0 spiro atoms. The van der Waals surface area contributed by atoms with Crippen LogP contribution in [0, 0.1) is 0 Å². The molecule has 1 aliphatic rings. The van der Waals surface area contributed by atoms with Gasteiger partial charge in [-0.25, -0.2) is 0 Å². The minimum absolute atomic E-state index is 0. The summed E-state index contributed by atoms with van der Waals surface area (Å²) in [6.45, 7) is 1.10. The molecule has 1 aliphatic heterocycles. The highest BCUT2D eigenvalue weighted by atomic mass is 35.5. The number of hydrogen-bond donors (Lipinski definition) is 2. The summed E-state index contributed by atoms with van der Waals surface area (Å²) < 4.78 is 0. The quantitative estimate of drug-likeness (QED) is 0.797. The maximum absolute atomic E-state index is 9.75. The highest BCUT2D eigenvalue weighted by Crippen LogP contribution is 2.33. The van der Waals surface area contributed by atoms with Gasteiger partial charge < -0.3 is 10.4 Å². The SMILES string of the molecule is Cl.Oc1ccc([C@@H]2CCN2)c2ccccc12. The number of phenols is 1. The number of aromatic hydroxyl groups is 1. The highest BCUT2D eigenvalue weighted by Gasteiger charge is 2.20. The van der Waals surface area contributed by atoms with E-state index in [9.17, 15) is 5.11 Å². The molecule has 0 amide bonds. The summed E-state index contributed by atoms with van der Waals surface area (Å²) in [5.74, 6) is 0.369. The fourth-order valence-electron chi connectivity index (χ4n) is 2.16. The molecule has 0 aliphatic carbocycles. The average Bonchev–Trinajstić information content (AvgIpc) is 2.20. The number of fused-ring (bicyclic) bond motifs is 1. The summed E-state index contributed by atoms with van der Waals surface area (Å²) in [5.41, 5.74) is 1.30. The first-order chi connectivity index (χ1) is 7.36. The van der Waals surface area contributed by atoms with Crippen molar-refractivity contribution in [3.63, 3.8) is 0 Å². The van der Waals surface area contributed by atoms with Gasteiger partial charge in [-0.05, 0) is 30.0 Å². The molecule has 0 saturated carbocycles. The van der Waals surface area contributed by atoms with Gasteiger partial charge >= 0.3 is 0 Å². The van der Waals surface area contributed by atoms with Crippen molar-refractivity contribution in [1.29, 1.82) is 0 Å². The van der Waals surface area contributed by atoms with Crippen LogP contribution in [0.3, 0.4) is 0 Å². The second-order valence-electron chi connectivity index (χ2n) is 4.01. The van der Waals surface area contributed by atoms with Gasteiger partial charge in [-0.1, -0.05) is 30.3 Å². The molecule has 1 heterocycles. The molecule has 3 rings (SSSR count). The smallest absolute Gasteiger partial charge is 0.123 e. The van der Waals surface area contributed by atoms with Crippen LogP contribution in [0.15, 0.2) is 36.4 Å². The Hall–Kier alpha value is -1.25. The predicted octanol–water partition coefficient (Wildman–Crippen LogP) is 3.00. The van der Waals surface area contributed by atoms with E-state index in [0.717, 1.165) is 17.3 Å². The zero-order valence-corrected chi connectivity index (χ0v) is 9.63. The number of hydrogen-bond acceptors (Lipinski definition) is 2. The summed E-state index contributed by atoms with van der Waals surface area (Å²) >= 11 is 0. The summed E-state index contributed by atoms with van der Waals surface area (Å²) in [5, 5.41) is 15.2. The molecular weight excluding hydrogens is 222 g/mol. The second kappa shape index (κ2) is 4.32. The van der Waals surface area contributed by atoms with Crippen LogP contribution in [-0.2, 0) is 0 Å². The third-order valence-corrected chi connectivity index (χ3v) is 3.13. The monoisotopic (exact) mass is 235 g/mol. The summed E-state index contributed by atoms with van der Waals surface area (Å²) in [4.78, 5) is 0. The predicted molar refractivity (Wildman–Crippen MR) is 68.2 cm³/mol. The zero-order chi connectivity index (χ0) is 10.3. The van der Waals surface area contributed by atoms with Crippen molar-refractivity contribution in [1.82, 2.24) is 5.32 Å². The lowest BCUT2D eigenvalue weighted by atomic mass is 9.92. The third kappa shape index (κ3) is 1.64. The Morgan fingerprint density at radius 3 is 2.38 bits per heavy atom. The number of nitrogens with one attached hydrogen (secondary N) is 1. The first-order valence-corrected chi connectivity index (χ1v) is 5.30. The van der Waals surface area contributed by atoms with Crippen LogP contribution in [0.25, 0.3) is 10.8 Å². The molecule has 3 heteroatoms. The molecule has 2 nitrogen and oxygen atoms in total. The Labute approximate surface area is 101 Å². The van der Waals surface area contributed by atoms with Crippen LogP contribution in [0.5, 0.6) is 5.75 Å². The van der Waals surface area contributed by atoms with Gasteiger partial charge in [-0.15, -0.1) is 12.4 Å². The van der Waals surface area contributed by atoms with Crippen molar-refractivity contribution >= 4 is 23.2 Å². The summed E-state index contributed by atoms with van der Waals surface area (Å²) in [6.07, 6.45) is 1.19. The number of halogens is 1. The van der Waals surface area contributed by atoms with E-state index in [1.807, 2.05) is 24.3 Å². The van der Waals surface area contributed by atoms with Crippen LogP contribution in [0.1, 0.15) is 18.0 Å². The molecule has 1 atom stereocenters. The van der Waals surface area contributed by atoms with E-state index in [2.05, 4.69) is 11.4 Å². The van der Waals surface area contributed by atoms with E-state index in [4.69, 9.17) is 0 Å². The molecule has 2 aromatic carbocycles. The van der Waals surface area contributed by atoms with Gasteiger partial charge in [0.15, 0.2) is 0 Å². The van der Waals surface area contributed by atoms with Crippen molar-refractivity contribution in [3.05, 3.63) is 42.0 Å². The molecular formula is C13H14ClNO. The molecule has 0 bridgehead atoms. The molecule has 1 saturated heterocycles. The molecule has 84 valence electrons. The molecule has 2 N–H and O–H groups in total. The fourth-order valence-corrected chi connectivity index (χ4v) is 2.16. The number of benzene rings is 2. The standard InChI is InChI=1S/C13H13NO.ClH/c15-13-6-5-10(12-7-8-14-12)9-3-1-2-4-11(9)13;/h1-6,12,14-15H,7-8H2;1H/t12-;/m0./s1. The topological polar surface area (TPSA) is 32.3 Å². The summed E-state index contributed by atoms with van der Waals surface area (Å²) in [6, 6.07) is 12.3. The van der Waals surface area contributed by atoms with Gasteiger partial charge in [-0.2, -0.15) is 0 Å². The Kier molecular flexibility index (Phi) is 3.03. The Morgan fingerprint density at radius 1 is 1.06 bits per heavy atom. The van der Waals surface area contributed by atoms with Crippen LogP contribution < -0.4 is 5.32 Å². The van der Waals surface area contributed by atoms with Gasteiger partial charge in [0.1, 0.15) is 5.75 Å². The van der Waals surface area contributed by atoms with Gasteiger partial charge in [0.25, 0.3) is 0 Å². The van der Waals surface area contributed by atoms with Gasteiger partial charge in [0.2, 0.25) is 0 Å². The van der Waals surface area contributed by atoms with Crippen molar-refractivity contribution < 1.29 is 5.11 Å². The Bertz CT molecular complexity index is 508. The van der Waals surface area contributed by atoms with Gasteiger partial charge in [-0.3, -0.25) is 0 Å². The zero-order valence-electron chi connectivity index (χ0n) is 8.81. The second-order valence-corrected chi connectivity index (χ2v) is 4.01. The molecule has 0 aromatic heterocycles. The normalized spacial score (nSPS) is 18.9. The van der Waals surface area contributed by atoms with Crippen LogP contribution >= 0.6 is 12.4 Å². The van der Waals surface area contributed by atoms with E-state index in [0.29, 0.717) is 11.8 Å². The van der Waals surface area contributed by atoms with Crippen LogP contribution in [-0.4, -0.2) is 11.7 Å². The molecule has 0 unspecified atom stereocenters. The average molecular weight is 236 g/mol. The van der Waals surface area contributed by atoms with Crippen molar-refractivity contribution in [2.24, 2.45) is 0 Å². The lowest BCUT2D eigenvalue weighted by Gasteiger charge is -2.29. The van der Waals surface area contributed by atoms with Gasteiger partial charge in [0.05, 0.1) is 0 Å². The largest absolute Gasteiger partial charge is 0.507 e. The van der Waals surface area contributed by atoms with E-state index in [-0.39, 0.29) is 12.4 Å². The lowest BCUT2D eigenvalue weighted by molar-refractivity contribution is 0.385. The van der Waals surface area contributed by atoms with E-state index in [1.54, 1.807) is 6.07 Å². The minimum Gasteiger partial charge on any atom is -0.507 e. The van der Waals surface area contributed by atoms with Gasteiger partial charge in [0, 0.05) is 11.4 Å². The van der Waals surface area contributed by atoms with Crippen LogP contribution in [0.2, 0.25) is 0 Å². The van der Waals surface area contributed by atoms with Crippen molar-refractivity contribution in [2.75, 3.05) is 6.54 Å². The number of phenolic OH excluding ortho intramolecular Hbond substituents is 1.